The fraction of sp³-hybridized carbons (Fsp3) is 0.200. The minimum absolute atomic E-state index is 0.0875. The Balaban J connectivity index is 2.55. The summed E-state index contributed by atoms with van der Waals surface area (Å²) in [6.45, 7) is 0. The Bertz CT molecular complexity index is 852. The van der Waals surface area contributed by atoms with Crippen molar-refractivity contribution in [3.8, 4) is 0 Å². The zero-order valence-electron chi connectivity index (χ0n) is 12.7. The van der Waals surface area contributed by atoms with Crippen LogP contribution in [0.2, 0.25) is 5.02 Å². The summed E-state index contributed by atoms with van der Waals surface area (Å²) in [5.74, 6) is 0. The van der Waals surface area contributed by atoms with Crippen molar-refractivity contribution in [3.63, 3.8) is 0 Å². The fourth-order valence-electron chi connectivity index (χ4n) is 2.19. The normalized spacial score (nSPS) is 12.1. The lowest BCUT2D eigenvalue weighted by Crippen LogP contribution is -2.20. The first-order chi connectivity index (χ1) is 11.0. The molecule has 0 radical (unpaired) electrons. The molecule has 0 atom stereocenters. The number of benzene rings is 2. The second-order valence-electron chi connectivity index (χ2n) is 5.13. The zero-order valence-corrected chi connectivity index (χ0v) is 14.3. The van der Waals surface area contributed by atoms with E-state index in [0.717, 1.165) is 18.2 Å². The van der Waals surface area contributed by atoms with E-state index in [1.165, 1.54) is 18.2 Å². The van der Waals surface area contributed by atoms with Crippen molar-refractivity contribution in [2.24, 2.45) is 0 Å². The largest absolute Gasteiger partial charge is 0.417 e. The summed E-state index contributed by atoms with van der Waals surface area (Å²) in [6.07, 6.45) is -4.79. The summed E-state index contributed by atoms with van der Waals surface area (Å²) >= 11 is 6.05. The van der Waals surface area contributed by atoms with Crippen molar-refractivity contribution in [1.82, 2.24) is 0 Å². The molecule has 130 valence electrons. The third kappa shape index (κ3) is 3.76. The van der Waals surface area contributed by atoms with Gasteiger partial charge >= 0.3 is 6.18 Å². The average Bonchev–Trinajstić information content (AvgIpc) is 2.45. The molecule has 2 rings (SSSR count). The minimum atomic E-state index is -4.79. The van der Waals surface area contributed by atoms with Crippen molar-refractivity contribution in [1.29, 1.82) is 0 Å². The van der Waals surface area contributed by atoms with Gasteiger partial charge < -0.3 is 4.90 Å². The molecule has 2 aromatic rings. The topological polar surface area (TPSA) is 49.4 Å². The van der Waals surface area contributed by atoms with Gasteiger partial charge in [-0.25, -0.2) is 8.42 Å². The predicted molar refractivity (Wildman–Crippen MR) is 88.0 cm³/mol. The highest BCUT2D eigenvalue weighted by atomic mass is 35.5. The lowest BCUT2D eigenvalue weighted by atomic mass is 10.2. The molecule has 0 aliphatic heterocycles. The van der Waals surface area contributed by atoms with Crippen molar-refractivity contribution < 1.29 is 21.6 Å². The standard InChI is InChI=1S/C15H14ClF3N2O2S/c1-21(2)14-11(16)7-5-8-12(14)20-24(22,23)13-9-4-3-6-10(13)15(17,18)19/h3-9,20H,1-2H3. The van der Waals surface area contributed by atoms with Gasteiger partial charge in [-0.1, -0.05) is 29.8 Å². The highest BCUT2D eigenvalue weighted by Gasteiger charge is 2.37. The first-order valence-corrected chi connectivity index (χ1v) is 8.55. The Hall–Kier alpha value is -1.93. The van der Waals surface area contributed by atoms with E-state index >= 15 is 0 Å². The Morgan fingerprint density at radius 2 is 1.67 bits per heavy atom. The Labute approximate surface area is 142 Å². The van der Waals surface area contributed by atoms with Gasteiger partial charge in [0.05, 0.1) is 26.9 Å². The second kappa shape index (κ2) is 6.52. The van der Waals surface area contributed by atoms with Gasteiger partial charge in [0.15, 0.2) is 0 Å². The van der Waals surface area contributed by atoms with E-state index in [-0.39, 0.29) is 10.7 Å². The molecule has 0 aliphatic carbocycles. The number of nitrogens with zero attached hydrogens (tertiary/aromatic N) is 1. The lowest BCUT2D eigenvalue weighted by molar-refractivity contribution is -0.139. The van der Waals surface area contributed by atoms with Gasteiger partial charge in [-0.05, 0) is 24.3 Å². The van der Waals surface area contributed by atoms with Crippen LogP contribution in [0.5, 0.6) is 0 Å². The molecule has 9 heteroatoms. The molecule has 0 bridgehead atoms. The van der Waals surface area contributed by atoms with E-state index < -0.39 is 26.7 Å². The van der Waals surface area contributed by atoms with Crippen LogP contribution in [0.3, 0.4) is 0 Å². The number of nitrogens with one attached hydrogen (secondary N) is 1. The van der Waals surface area contributed by atoms with E-state index in [1.807, 2.05) is 0 Å². The summed E-state index contributed by atoms with van der Waals surface area (Å²) in [7, 11) is -1.17. The quantitative estimate of drug-likeness (QED) is 0.866. The summed E-state index contributed by atoms with van der Waals surface area (Å²) < 4.78 is 66.4. The number of para-hydroxylation sites is 1. The lowest BCUT2D eigenvalue weighted by Gasteiger charge is -2.20. The molecular formula is C15H14ClF3N2O2S. The third-order valence-electron chi connectivity index (χ3n) is 3.16. The van der Waals surface area contributed by atoms with Crippen LogP contribution in [-0.4, -0.2) is 22.5 Å². The van der Waals surface area contributed by atoms with E-state index in [4.69, 9.17) is 11.6 Å². The summed E-state index contributed by atoms with van der Waals surface area (Å²) in [6, 6.07) is 8.47. The second-order valence-corrected chi connectivity index (χ2v) is 7.19. The van der Waals surface area contributed by atoms with Crippen LogP contribution in [0.15, 0.2) is 47.4 Å². The number of halogens is 4. The van der Waals surface area contributed by atoms with Gasteiger partial charge in [-0.15, -0.1) is 0 Å². The molecule has 0 spiro atoms. The average molecular weight is 379 g/mol. The number of anilines is 2. The molecule has 0 saturated heterocycles. The highest BCUT2D eigenvalue weighted by Crippen LogP contribution is 2.37. The van der Waals surface area contributed by atoms with Crippen LogP contribution >= 0.6 is 11.6 Å². The fourth-order valence-corrected chi connectivity index (χ4v) is 3.83. The van der Waals surface area contributed by atoms with Crippen molar-refractivity contribution in [2.75, 3.05) is 23.7 Å². The summed E-state index contributed by atoms with van der Waals surface area (Å²) in [5.41, 5.74) is -0.789. The van der Waals surface area contributed by atoms with Crippen molar-refractivity contribution >= 4 is 33.0 Å². The maximum atomic E-state index is 13.1. The van der Waals surface area contributed by atoms with E-state index in [9.17, 15) is 21.6 Å². The monoisotopic (exact) mass is 378 g/mol. The molecule has 0 saturated carbocycles. The number of sulfonamides is 1. The molecule has 0 amide bonds. The van der Waals surface area contributed by atoms with Crippen LogP contribution in [0, 0.1) is 0 Å². The maximum absolute atomic E-state index is 13.1. The minimum Gasteiger partial charge on any atom is -0.375 e. The van der Waals surface area contributed by atoms with Crippen LogP contribution < -0.4 is 9.62 Å². The number of hydrogen-bond donors (Lipinski definition) is 1. The van der Waals surface area contributed by atoms with Crippen molar-refractivity contribution in [3.05, 3.63) is 53.1 Å². The van der Waals surface area contributed by atoms with Crippen LogP contribution in [0.4, 0.5) is 24.5 Å². The predicted octanol–water partition coefficient (Wildman–Crippen LogP) is 4.23. The van der Waals surface area contributed by atoms with Gasteiger partial charge in [0.25, 0.3) is 10.0 Å². The molecule has 24 heavy (non-hydrogen) atoms. The van der Waals surface area contributed by atoms with E-state index in [2.05, 4.69) is 4.72 Å². The third-order valence-corrected chi connectivity index (χ3v) is 4.89. The Kier molecular flexibility index (Phi) is 5.00. The summed E-state index contributed by atoms with van der Waals surface area (Å²) in [5, 5.41) is 0.268. The molecule has 1 N–H and O–H groups in total. The van der Waals surface area contributed by atoms with Crippen LogP contribution in [-0.2, 0) is 16.2 Å². The molecule has 0 unspecified atom stereocenters. The van der Waals surface area contributed by atoms with Gasteiger partial charge in [0.1, 0.15) is 0 Å². The SMILES string of the molecule is CN(C)c1c(Cl)cccc1NS(=O)(=O)c1ccccc1C(F)(F)F. The Morgan fingerprint density at radius 1 is 1.04 bits per heavy atom. The zero-order chi connectivity index (χ0) is 18.1. The highest BCUT2D eigenvalue weighted by molar-refractivity contribution is 7.92. The maximum Gasteiger partial charge on any atom is 0.417 e. The molecule has 4 nitrogen and oxygen atoms in total. The molecule has 0 aromatic heterocycles. The summed E-state index contributed by atoms with van der Waals surface area (Å²) in [4.78, 5) is 0.720. The van der Waals surface area contributed by atoms with Gasteiger partial charge in [0.2, 0.25) is 0 Å². The molecule has 0 heterocycles. The van der Waals surface area contributed by atoms with E-state index in [1.54, 1.807) is 25.1 Å². The molecule has 0 fully saturated rings. The van der Waals surface area contributed by atoms with Gasteiger partial charge in [-0.2, -0.15) is 13.2 Å². The van der Waals surface area contributed by atoms with Gasteiger partial charge in [-0.3, -0.25) is 4.72 Å². The smallest absolute Gasteiger partial charge is 0.375 e. The van der Waals surface area contributed by atoms with Gasteiger partial charge in [0, 0.05) is 14.1 Å². The van der Waals surface area contributed by atoms with Crippen molar-refractivity contribution in [2.45, 2.75) is 11.1 Å². The van der Waals surface area contributed by atoms with E-state index in [0.29, 0.717) is 5.69 Å². The first-order valence-electron chi connectivity index (χ1n) is 6.69. The van der Waals surface area contributed by atoms with Crippen LogP contribution in [0.25, 0.3) is 0 Å². The first kappa shape index (κ1) is 18.4. The molecule has 0 aliphatic rings. The van der Waals surface area contributed by atoms with Crippen LogP contribution in [0.1, 0.15) is 5.56 Å². The molecule has 2 aromatic carbocycles. The Morgan fingerprint density at radius 3 is 2.25 bits per heavy atom. The number of rotatable bonds is 4. The number of alkyl halides is 3. The number of hydrogen-bond acceptors (Lipinski definition) is 3. The molecular weight excluding hydrogens is 365 g/mol.